The zero-order chi connectivity index (χ0) is 19.0. The van der Waals surface area contributed by atoms with Crippen LogP contribution in [0.15, 0.2) is 24.4 Å². The molecule has 3 heterocycles. The molecule has 0 unspecified atom stereocenters. The summed E-state index contributed by atoms with van der Waals surface area (Å²) in [5.41, 5.74) is 13.2. The van der Waals surface area contributed by atoms with Crippen LogP contribution >= 0.6 is 0 Å². The zero-order valence-electron chi connectivity index (χ0n) is 14.2. The molecule has 27 heavy (non-hydrogen) atoms. The summed E-state index contributed by atoms with van der Waals surface area (Å²) in [6.45, 7) is 2.43. The summed E-state index contributed by atoms with van der Waals surface area (Å²) < 4.78 is 5.38. The number of rotatable bonds is 3. The van der Waals surface area contributed by atoms with Gasteiger partial charge in [0.15, 0.2) is 17.0 Å². The Kier molecular flexibility index (Phi) is 4.12. The number of nitro benzene ring substituents is 1. The van der Waals surface area contributed by atoms with E-state index in [9.17, 15) is 10.1 Å². The van der Waals surface area contributed by atoms with Gasteiger partial charge in [-0.3, -0.25) is 10.1 Å². The van der Waals surface area contributed by atoms with Gasteiger partial charge in [-0.2, -0.15) is 9.97 Å². The van der Waals surface area contributed by atoms with Crippen LogP contribution in [-0.4, -0.2) is 51.2 Å². The van der Waals surface area contributed by atoms with Crippen molar-refractivity contribution in [3.05, 3.63) is 34.5 Å². The minimum atomic E-state index is -0.531. The number of hydrogen-bond donors (Lipinski definition) is 2. The Hall–Kier alpha value is -3.60. The monoisotopic (exact) mass is 368 g/mol. The molecule has 0 bridgehead atoms. The van der Waals surface area contributed by atoms with Crippen LogP contribution in [0.4, 0.5) is 23.1 Å². The number of nitrogens with two attached hydrogens (primary N) is 2. The van der Waals surface area contributed by atoms with E-state index in [0.29, 0.717) is 54.5 Å². The molecule has 11 heteroatoms. The average molecular weight is 368 g/mol. The Balaban J connectivity index is 1.85. The van der Waals surface area contributed by atoms with E-state index in [4.69, 9.17) is 16.2 Å². The summed E-state index contributed by atoms with van der Waals surface area (Å²) in [6.07, 6.45) is 1.49. The first-order chi connectivity index (χ1) is 13.0. The Morgan fingerprint density at radius 3 is 2.67 bits per heavy atom. The van der Waals surface area contributed by atoms with E-state index in [-0.39, 0.29) is 17.3 Å². The van der Waals surface area contributed by atoms with E-state index in [2.05, 4.69) is 19.9 Å². The molecule has 0 saturated carbocycles. The molecule has 1 aliphatic rings. The smallest absolute Gasteiger partial charge is 0.292 e. The van der Waals surface area contributed by atoms with Gasteiger partial charge in [-0.1, -0.05) is 6.07 Å². The Labute approximate surface area is 153 Å². The molecule has 4 rings (SSSR count). The second-order valence-corrected chi connectivity index (χ2v) is 5.96. The Bertz CT molecular complexity index is 1040. The second kappa shape index (κ2) is 6.61. The lowest BCUT2D eigenvalue weighted by Gasteiger charge is -2.28. The SMILES string of the molecule is Nc1nc(N2CCOCC2)c2nc(-c3ccc(N)c([N+](=O)[O-])c3)cnc2n1. The van der Waals surface area contributed by atoms with E-state index in [0.717, 1.165) is 0 Å². The molecule has 0 amide bonds. The normalized spacial score (nSPS) is 14.4. The van der Waals surface area contributed by atoms with Gasteiger partial charge in [0.05, 0.1) is 30.0 Å². The lowest BCUT2D eigenvalue weighted by molar-refractivity contribution is -0.383. The molecule has 11 nitrogen and oxygen atoms in total. The molecule has 1 saturated heterocycles. The van der Waals surface area contributed by atoms with Crippen molar-refractivity contribution in [3.8, 4) is 11.3 Å². The number of nitrogens with zero attached hydrogens (tertiary/aromatic N) is 6. The molecule has 0 aliphatic carbocycles. The highest BCUT2D eigenvalue weighted by atomic mass is 16.6. The highest BCUT2D eigenvalue weighted by Crippen LogP contribution is 2.30. The molecular weight excluding hydrogens is 352 g/mol. The minimum Gasteiger partial charge on any atom is -0.393 e. The number of morpholine rings is 1. The number of ether oxygens (including phenoxy) is 1. The van der Waals surface area contributed by atoms with Gasteiger partial charge in [0.25, 0.3) is 5.69 Å². The van der Waals surface area contributed by atoms with Gasteiger partial charge in [-0.05, 0) is 6.07 Å². The topological polar surface area (TPSA) is 159 Å². The largest absolute Gasteiger partial charge is 0.393 e. The van der Waals surface area contributed by atoms with Gasteiger partial charge in [0.2, 0.25) is 5.95 Å². The van der Waals surface area contributed by atoms with Gasteiger partial charge in [0.1, 0.15) is 5.69 Å². The van der Waals surface area contributed by atoms with E-state index in [1.54, 1.807) is 6.07 Å². The van der Waals surface area contributed by atoms with Crippen LogP contribution in [0.5, 0.6) is 0 Å². The highest BCUT2D eigenvalue weighted by Gasteiger charge is 2.20. The van der Waals surface area contributed by atoms with Crippen molar-refractivity contribution in [2.45, 2.75) is 0 Å². The summed E-state index contributed by atoms with van der Waals surface area (Å²) in [4.78, 5) is 30.0. The number of benzene rings is 1. The third-order valence-electron chi connectivity index (χ3n) is 4.24. The average Bonchev–Trinajstić information content (AvgIpc) is 2.68. The number of nitrogen functional groups attached to an aromatic ring is 2. The van der Waals surface area contributed by atoms with Crippen molar-refractivity contribution < 1.29 is 9.66 Å². The molecule has 3 aromatic rings. The maximum atomic E-state index is 11.2. The van der Waals surface area contributed by atoms with Crippen LogP contribution in [0, 0.1) is 10.1 Å². The van der Waals surface area contributed by atoms with Crippen LogP contribution < -0.4 is 16.4 Å². The summed E-state index contributed by atoms with van der Waals surface area (Å²) >= 11 is 0. The van der Waals surface area contributed by atoms with Gasteiger partial charge in [-0.25, -0.2) is 9.97 Å². The number of aromatic nitrogens is 4. The van der Waals surface area contributed by atoms with Gasteiger partial charge < -0.3 is 21.1 Å². The summed E-state index contributed by atoms with van der Waals surface area (Å²) in [5, 5.41) is 11.2. The molecule has 2 aromatic heterocycles. The van der Waals surface area contributed by atoms with Crippen LogP contribution in [0.1, 0.15) is 0 Å². The molecule has 0 atom stereocenters. The molecule has 1 fully saturated rings. The Morgan fingerprint density at radius 1 is 1.15 bits per heavy atom. The quantitative estimate of drug-likeness (QED) is 0.388. The molecule has 0 spiro atoms. The first-order valence-electron chi connectivity index (χ1n) is 8.20. The lowest BCUT2D eigenvalue weighted by atomic mass is 10.1. The van der Waals surface area contributed by atoms with Gasteiger partial charge >= 0.3 is 0 Å². The van der Waals surface area contributed by atoms with E-state index in [1.807, 2.05) is 4.90 Å². The van der Waals surface area contributed by atoms with Crippen LogP contribution in [0.2, 0.25) is 0 Å². The maximum absolute atomic E-state index is 11.2. The first-order valence-corrected chi connectivity index (χ1v) is 8.20. The number of anilines is 3. The van der Waals surface area contributed by atoms with Crippen molar-refractivity contribution in [3.63, 3.8) is 0 Å². The van der Waals surface area contributed by atoms with E-state index in [1.165, 1.54) is 18.3 Å². The van der Waals surface area contributed by atoms with Crippen LogP contribution in [0.25, 0.3) is 22.4 Å². The molecule has 4 N–H and O–H groups in total. The van der Waals surface area contributed by atoms with Crippen molar-refractivity contribution in [1.82, 2.24) is 19.9 Å². The molecular formula is C16H16N8O3. The fourth-order valence-electron chi connectivity index (χ4n) is 2.91. The third kappa shape index (κ3) is 3.15. The molecule has 0 radical (unpaired) electrons. The fourth-order valence-corrected chi connectivity index (χ4v) is 2.91. The predicted octanol–water partition coefficient (Wildman–Crippen LogP) is 0.996. The van der Waals surface area contributed by atoms with Gasteiger partial charge in [-0.15, -0.1) is 0 Å². The first kappa shape index (κ1) is 16.8. The molecule has 138 valence electrons. The van der Waals surface area contributed by atoms with E-state index >= 15 is 0 Å². The zero-order valence-corrected chi connectivity index (χ0v) is 14.2. The highest BCUT2D eigenvalue weighted by molar-refractivity contribution is 5.86. The minimum absolute atomic E-state index is 0.0858. The van der Waals surface area contributed by atoms with E-state index < -0.39 is 4.92 Å². The maximum Gasteiger partial charge on any atom is 0.292 e. The second-order valence-electron chi connectivity index (χ2n) is 5.96. The Morgan fingerprint density at radius 2 is 1.93 bits per heavy atom. The van der Waals surface area contributed by atoms with Gasteiger partial charge in [0, 0.05) is 24.7 Å². The predicted molar refractivity (Wildman–Crippen MR) is 99.1 cm³/mol. The van der Waals surface area contributed by atoms with Crippen LogP contribution in [-0.2, 0) is 4.74 Å². The van der Waals surface area contributed by atoms with Crippen LogP contribution in [0.3, 0.4) is 0 Å². The summed E-state index contributed by atoms with van der Waals surface area (Å²) in [7, 11) is 0. The van der Waals surface area contributed by atoms with Crippen molar-refractivity contribution >= 4 is 34.3 Å². The third-order valence-corrected chi connectivity index (χ3v) is 4.24. The lowest BCUT2D eigenvalue weighted by Crippen LogP contribution is -2.37. The number of hydrogen-bond acceptors (Lipinski definition) is 10. The standard InChI is InChI=1S/C16H16N8O3/c17-10-2-1-9(7-12(10)24(25)26)11-8-19-14-13(20-11)15(22-16(18)21-14)23-3-5-27-6-4-23/h1-2,7-8H,3-6,17H2,(H2,18,19,21,22). The van der Waals surface area contributed by atoms with Crippen molar-refractivity contribution in [1.29, 1.82) is 0 Å². The van der Waals surface area contributed by atoms with Crippen molar-refractivity contribution in [2.24, 2.45) is 0 Å². The van der Waals surface area contributed by atoms with Crippen molar-refractivity contribution in [2.75, 3.05) is 42.7 Å². The fraction of sp³-hybridized carbons (Fsp3) is 0.250. The number of fused-ring (bicyclic) bond motifs is 1. The summed E-state index contributed by atoms with van der Waals surface area (Å²) in [6, 6.07) is 4.50. The number of nitro groups is 1. The molecule has 1 aliphatic heterocycles. The summed E-state index contributed by atoms with van der Waals surface area (Å²) in [5.74, 6) is 0.675. The molecule has 1 aromatic carbocycles.